The Morgan fingerprint density at radius 2 is 2.22 bits per heavy atom. The van der Waals surface area contributed by atoms with Crippen LogP contribution in [0, 0.1) is 5.82 Å². The Labute approximate surface area is 108 Å². The predicted octanol–water partition coefficient (Wildman–Crippen LogP) is 1.80. The topological polar surface area (TPSA) is 37.4 Å². The molecule has 1 aromatic rings. The van der Waals surface area contributed by atoms with Gasteiger partial charge in [-0.3, -0.25) is 0 Å². The molecule has 0 saturated heterocycles. The van der Waals surface area contributed by atoms with Crippen LogP contribution in [0.2, 0.25) is 0 Å². The number of aromatic nitrogens is 1. The number of nitrogens with zero attached hydrogens (tertiary/aromatic N) is 2. The number of likely N-dealkylation sites (N-methyl/N-ethyl adjacent to an activating group) is 1. The molecule has 102 valence electrons. The zero-order chi connectivity index (χ0) is 13.4. The van der Waals surface area contributed by atoms with Crippen LogP contribution in [0.1, 0.15) is 19.4 Å². The number of hydrogen-bond acceptors (Lipinski definition) is 4. The van der Waals surface area contributed by atoms with Crippen molar-refractivity contribution in [2.45, 2.75) is 20.4 Å². The molecule has 0 aliphatic carbocycles. The third-order valence-electron chi connectivity index (χ3n) is 2.71. The summed E-state index contributed by atoms with van der Waals surface area (Å²) >= 11 is 0. The zero-order valence-corrected chi connectivity index (χ0v) is 11.4. The van der Waals surface area contributed by atoms with E-state index in [0.29, 0.717) is 44.2 Å². The summed E-state index contributed by atoms with van der Waals surface area (Å²) in [6, 6.07) is 1.70. The Morgan fingerprint density at radius 1 is 1.44 bits per heavy atom. The van der Waals surface area contributed by atoms with E-state index in [2.05, 4.69) is 10.3 Å². The smallest absolute Gasteiger partial charge is 0.170 e. The van der Waals surface area contributed by atoms with Crippen LogP contribution in [0.5, 0.6) is 0 Å². The third kappa shape index (κ3) is 3.92. The second-order valence-corrected chi connectivity index (χ2v) is 3.91. The first kappa shape index (κ1) is 14.9. The molecule has 18 heavy (non-hydrogen) atoms. The number of nitrogens with one attached hydrogen (secondary N) is 1. The number of hydrogen-bond donors (Lipinski definition) is 1. The van der Waals surface area contributed by atoms with Crippen molar-refractivity contribution in [1.82, 2.24) is 10.3 Å². The van der Waals surface area contributed by atoms with Crippen molar-refractivity contribution in [2.24, 2.45) is 0 Å². The standard InChI is InChI=1S/C13H22FN3O/c1-4-17(8-9-18-5-2)13-12(14)11(10-15-3)6-7-16-13/h6-7,15H,4-5,8-10H2,1-3H3. The number of pyridine rings is 1. The van der Waals surface area contributed by atoms with E-state index in [-0.39, 0.29) is 5.82 Å². The Balaban J connectivity index is 2.81. The Bertz CT molecular complexity index is 360. The average Bonchev–Trinajstić information content (AvgIpc) is 2.38. The van der Waals surface area contributed by atoms with Gasteiger partial charge in [0, 0.05) is 38.0 Å². The Morgan fingerprint density at radius 3 is 2.83 bits per heavy atom. The highest BCUT2D eigenvalue weighted by Crippen LogP contribution is 2.19. The van der Waals surface area contributed by atoms with Gasteiger partial charge in [0.25, 0.3) is 0 Å². The summed E-state index contributed by atoms with van der Waals surface area (Å²) < 4.78 is 19.5. The lowest BCUT2D eigenvalue weighted by atomic mass is 10.2. The molecule has 0 aliphatic rings. The van der Waals surface area contributed by atoms with Crippen LogP contribution in [0.15, 0.2) is 12.3 Å². The Hall–Kier alpha value is -1.20. The fourth-order valence-corrected chi connectivity index (χ4v) is 1.75. The monoisotopic (exact) mass is 255 g/mol. The molecular formula is C13H22FN3O. The third-order valence-corrected chi connectivity index (χ3v) is 2.71. The predicted molar refractivity (Wildman–Crippen MR) is 71.3 cm³/mol. The summed E-state index contributed by atoms with van der Waals surface area (Å²) in [7, 11) is 1.80. The van der Waals surface area contributed by atoms with Crippen LogP contribution in [0.4, 0.5) is 10.2 Å². The van der Waals surface area contributed by atoms with Crippen molar-refractivity contribution in [3.63, 3.8) is 0 Å². The highest BCUT2D eigenvalue weighted by Gasteiger charge is 2.14. The maximum absolute atomic E-state index is 14.2. The van der Waals surface area contributed by atoms with E-state index in [4.69, 9.17) is 4.74 Å². The van der Waals surface area contributed by atoms with E-state index < -0.39 is 0 Å². The van der Waals surface area contributed by atoms with E-state index in [9.17, 15) is 4.39 Å². The first-order valence-electron chi connectivity index (χ1n) is 6.35. The van der Waals surface area contributed by atoms with Gasteiger partial charge >= 0.3 is 0 Å². The minimum Gasteiger partial charge on any atom is -0.380 e. The van der Waals surface area contributed by atoms with Crippen molar-refractivity contribution in [3.8, 4) is 0 Å². The minimum atomic E-state index is -0.245. The number of ether oxygens (including phenoxy) is 1. The van der Waals surface area contributed by atoms with E-state index in [1.54, 1.807) is 19.3 Å². The van der Waals surface area contributed by atoms with Gasteiger partial charge in [0.1, 0.15) is 0 Å². The molecule has 1 heterocycles. The second-order valence-electron chi connectivity index (χ2n) is 3.91. The first-order chi connectivity index (χ1) is 8.74. The van der Waals surface area contributed by atoms with E-state index in [0.717, 1.165) is 0 Å². The lowest BCUT2D eigenvalue weighted by molar-refractivity contribution is 0.153. The van der Waals surface area contributed by atoms with Gasteiger partial charge in [-0.2, -0.15) is 0 Å². The lowest BCUT2D eigenvalue weighted by Gasteiger charge is -2.23. The molecule has 4 nitrogen and oxygen atoms in total. The second kappa shape index (κ2) is 8.00. The SMILES string of the molecule is CCOCCN(CC)c1nccc(CNC)c1F. The van der Waals surface area contributed by atoms with Gasteiger partial charge in [-0.05, 0) is 27.0 Å². The summed E-state index contributed by atoms with van der Waals surface area (Å²) in [5, 5.41) is 2.95. The summed E-state index contributed by atoms with van der Waals surface area (Å²) in [5.41, 5.74) is 0.636. The van der Waals surface area contributed by atoms with Gasteiger partial charge in [0.2, 0.25) is 0 Å². The summed E-state index contributed by atoms with van der Waals surface area (Å²) in [5.74, 6) is 0.162. The molecule has 0 bridgehead atoms. The van der Waals surface area contributed by atoms with E-state index >= 15 is 0 Å². The van der Waals surface area contributed by atoms with Crippen molar-refractivity contribution in [3.05, 3.63) is 23.6 Å². The van der Waals surface area contributed by atoms with Crippen LogP contribution >= 0.6 is 0 Å². The Kier molecular flexibility index (Phi) is 6.60. The van der Waals surface area contributed by atoms with Crippen molar-refractivity contribution >= 4 is 5.82 Å². The highest BCUT2D eigenvalue weighted by molar-refractivity contribution is 5.43. The van der Waals surface area contributed by atoms with E-state index in [1.807, 2.05) is 18.7 Å². The molecule has 0 saturated carbocycles. The number of anilines is 1. The van der Waals surface area contributed by atoms with Crippen LogP contribution in [0.3, 0.4) is 0 Å². The maximum atomic E-state index is 14.2. The van der Waals surface area contributed by atoms with Gasteiger partial charge in [-0.15, -0.1) is 0 Å². The van der Waals surface area contributed by atoms with Crippen molar-refractivity contribution < 1.29 is 9.13 Å². The van der Waals surface area contributed by atoms with Crippen LogP contribution < -0.4 is 10.2 Å². The van der Waals surface area contributed by atoms with Crippen LogP contribution in [-0.4, -0.2) is 38.3 Å². The molecule has 0 spiro atoms. The van der Waals surface area contributed by atoms with Crippen LogP contribution in [-0.2, 0) is 11.3 Å². The molecule has 1 N–H and O–H groups in total. The molecule has 0 unspecified atom stereocenters. The molecular weight excluding hydrogens is 233 g/mol. The molecule has 0 amide bonds. The van der Waals surface area contributed by atoms with Crippen molar-refractivity contribution in [2.75, 3.05) is 38.3 Å². The molecule has 1 rings (SSSR count). The number of halogens is 1. The molecule has 0 aromatic carbocycles. The van der Waals surface area contributed by atoms with Crippen LogP contribution in [0.25, 0.3) is 0 Å². The van der Waals surface area contributed by atoms with Gasteiger partial charge in [-0.1, -0.05) is 0 Å². The molecule has 5 heteroatoms. The lowest BCUT2D eigenvalue weighted by Crippen LogP contribution is -2.29. The fraction of sp³-hybridized carbons (Fsp3) is 0.615. The average molecular weight is 255 g/mol. The largest absolute Gasteiger partial charge is 0.380 e. The molecule has 0 fully saturated rings. The summed E-state index contributed by atoms with van der Waals surface area (Å²) in [4.78, 5) is 6.03. The van der Waals surface area contributed by atoms with Gasteiger partial charge < -0.3 is 15.0 Å². The van der Waals surface area contributed by atoms with Gasteiger partial charge in [-0.25, -0.2) is 9.37 Å². The molecule has 0 radical (unpaired) electrons. The van der Waals surface area contributed by atoms with Crippen molar-refractivity contribution in [1.29, 1.82) is 0 Å². The normalized spacial score (nSPS) is 10.7. The zero-order valence-electron chi connectivity index (χ0n) is 11.4. The fourth-order valence-electron chi connectivity index (χ4n) is 1.75. The summed E-state index contributed by atoms with van der Waals surface area (Å²) in [6.45, 7) is 7.05. The molecule has 0 atom stereocenters. The maximum Gasteiger partial charge on any atom is 0.170 e. The molecule has 1 aromatic heterocycles. The summed E-state index contributed by atoms with van der Waals surface area (Å²) in [6.07, 6.45) is 1.65. The first-order valence-corrected chi connectivity index (χ1v) is 6.35. The highest BCUT2D eigenvalue weighted by atomic mass is 19.1. The van der Waals surface area contributed by atoms with E-state index in [1.165, 1.54) is 0 Å². The van der Waals surface area contributed by atoms with Gasteiger partial charge in [0.05, 0.1) is 6.61 Å². The minimum absolute atomic E-state index is 0.245. The number of rotatable bonds is 8. The quantitative estimate of drug-likeness (QED) is 0.719. The molecule has 0 aliphatic heterocycles. The van der Waals surface area contributed by atoms with Gasteiger partial charge in [0.15, 0.2) is 11.6 Å².